The number of hydrazine groups is 1. The van der Waals surface area contributed by atoms with Gasteiger partial charge in [-0.2, -0.15) is 4.31 Å². The molecule has 4 rings (SSSR count). The summed E-state index contributed by atoms with van der Waals surface area (Å²) in [6, 6.07) is 15.7. The Kier molecular flexibility index (Phi) is 6.31. The first-order valence-electron chi connectivity index (χ1n) is 9.92. The standard InChI is InChI=1S/C22H20ClN3O5S/c23-18-6-2-1-5-17(18)19-11-12-20(31-19)22(28)25-24-21(27)15-7-9-16(10-8-15)32(29,30)26-13-3-4-14-26/h1-2,5-12H,3-4,13-14H2,(H,24,27)(H,25,28). The van der Waals surface area contributed by atoms with Crippen molar-refractivity contribution >= 4 is 33.4 Å². The molecule has 0 aliphatic carbocycles. The molecule has 1 fully saturated rings. The molecule has 0 atom stereocenters. The predicted octanol–water partition coefficient (Wildman–Crippen LogP) is 3.46. The van der Waals surface area contributed by atoms with Crippen LogP contribution >= 0.6 is 11.6 Å². The van der Waals surface area contributed by atoms with Crippen LogP contribution in [0.15, 0.2) is 70.0 Å². The Bertz CT molecular complexity index is 1250. The van der Waals surface area contributed by atoms with Crippen LogP contribution in [-0.2, 0) is 10.0 Å². The molecule has 3 aromatic rings. The molecule has 0 bridgehead atoms. The van der Waals surface area contributed by atoms with Gasteiger partial charge in [-0.3, -0.25) is 20.4 Å². The molecule has 1 aliphatic rings. The van der Waals surface area contributed by atoms with Gasteiger partial charge in [0.25, 0.3) is 5.91 Å². The second kappa shape index (κ2) is 9.15. The first-order chi connectivity index (χ1) is 15.4. The Morgan fingerprint density at radius 3 is 2.22 bits per heavy atom. The highest BCUT2D eigenvalue weighted by molar-refractivity contribution is 7.89. The van der Waals surface area contributed by atoms with Crippen LogP contribution in [0.3, 0.4) is 0 Å². The summed E-state index contributed by atoms with van der Waals surface area (Å²) < 4.78 is 32.1. The lowest BCUT2D eigenvalue weighted by Crippen LogP contribution is -2.41. The van der Waals surface area contributed by atoms with Crippen LogP contribution in [0.1, 0.15) is 33.8 Å². The lowest BCUT2D eigenvalue weighted by molar-refractivity contribution is 0.0831. The molecule has 0 spiro atoms. The summed E-state index contributed by atoms with van der Waals surface area (Å²) in [4.78, 5) is 24.8. The predicted molar refractivity (Wildman–Crippen MR) is 119 cm³/mol. The van der Waals surface area contributed by atoms with Crippen LogP contribution < -0.4 is 10.9 Å². The average Bonchev–Trinajstić information content (AvgIpc) is 3.50. The van der Waals surface area contributed by atoms with Crippen molar-refractivity contribution in [1.82, 2.24) is 15.2 Å². The summed E-state index contributed by atoms with van der Waals surface area (Å²) in [5, 5.41) is 0.484. The topological polar surface area (TPSA) is 109 Å². The molecular weight excluding hydrogens is 454 g/mol. The maximum atomic E-state index is 12.6. The summed E-state index contributed by atoms with van der Waals surface area (Å²) in [6.45, 7) is 1.00. The monoisotopic (exact) mass is 473 g/mol. The number of nitrogens with zero attached hydrogens (tertiary/aromatic N) is 1. The number of rotatable bonds is 5. The van der Waals surface area contributed by atoms with E-state index in [0.717, 1.165) is 12.8 Å². The van der Waals surface area contributed by atoms with Gasteiger partial charge in [0.05, 0.1) is 9.92 Å². The molecule has 1 aliphatic heterocycles. The molecule has 0 unspecified atom stereocenters. The summed E-state index contributed by atoms with van der Waals surface area (Å²) in [6.07, 6.45) is 1.68. The molecule has 8 nitrogen and oxygen atoms in total. The Labute approximate surface area is 190 Å². The van der Waals surface area contributed by atoms with Gasteiger partial charge >= 0.3 is 5.91 Å². The maximum absolute atomic E-state index is 12.6. The molecule has 32 heavy (non-hydrogen) atoms. The number of carbonyl (C=O) groups excluding carboxylic acids is 2. The number of amides is 2. The quantitative estimate of drug-likeness (QED) is 0.551. The molecule has 0 saturated carbocycles. The largest absolute Gasteiger partial charge is 0.451 e. The first kappa shape index (κ1) is 22.1. The van der Waals surface area contributed by atoms with Crippen LogP contribution in [0.4, 0.5) is 0 Å². The first-order valence-corrected chi connectivity index (χ1v) is 11.7. The molecule has 166 valence electrons. The molecule has 2 amide bonds. The highest BCUT2D eigenvalue weighted by atomic mass is 35.5. The van der Waals surface area contributed by atoms with Gasteiger partial charge in [0.1, 0.15) is 5.76 Å². The van der Waals surface area contributed by atoms with E-state index in [1.165, 1.54) is 34.6 Å². The Morgan fingerprint density at radius 2 is 1.53 bits per heavy atom. The van der Waals surface area contributed by atoms with Gasteiger partial charge < -0.3 is 4.42 Å². The van der Waals surface area contributed by atoms with E-state index in [4.69, 9.17) is 16.0 Å². The third-order valence-electron chi connectivity index (χ3n) is 5.08. The van der Waals surface area contributed by atoms with E-state index in [1.54, 1.807) is 30.3 Å². The highest BCUT2D eigenvalue weighted by Crippen LogP contribution is 2.29. The fraction of sp³-hybridized carbons (Fsp3) is 0.182. The van der Waals surface area contributed by atoms with E-state index < -0.39 is 21.8 Å². The second-order valence-corrected chi connectivity index (χ2v) is 9.53. The number of nitrogens with one attached hydrogen (secondary N) is 2. The molecule has 1 saturated heterocycles. The van der Waals surface area contributed by atoms with Crippen LogP contribution in [0.2, 0.25) is 5.02 Å². The van der Waals surface area contributed by atoms with Crippen molar-refractivity contribution in [3.05, 3.63) is 77.0 Å². The van der Waals surface area contributed by atoms with Gasteiger partial charge in [-0.1, -0.05) is 23.7 Å². The molecule has 2 N–H and O–H groups in total. The SMILES string of the molecule is O=C(NNC(=O)c1ccc(-c2ccccc2Cl)o1)c1ccc(S(=O)(=O)N2CCCC2)cc1. The zero-order valence-electron chi connectivity index (χ0n) is 16.9. The molecule has 0 radical (unpaired) electrons. The molecular formula is C22H20ClN3O5S. The van der Waals surface area contributed by atoms with Crippen LogP contribution in [-0.4, -0.2) is 37.6 Å². The van der Waals surface area contributed by atoms with Gasteiger partial charge in [0, 0.05) is 24.2 Å². The molecule has 10 heteroatoms. The zero-order chi connectivity index (χ0) is 22.7. The Morgan fingerprint density at radius 1 is 0.875 bits per heavy atom. The van der Waals surface area contributed by atoms with E-state index in [2.05, 4.69) is 10.9 Å². The lowest BCUT2D eigenvalue weighted by Gasteiger charge is -2.15. The van der Waals surface area contributed by atoms with Crippen molar-refractivity contribution in [2.75, 3.05) is 13.1 Å². The normalized spacial score (nSPS) is 14.3. The van der Waals surface area contributed by atoms with Crippen molar-refractivity contribution in [3.63, 3.8) is 0 Å². The van der Waals surface area contributed by atoms with Crippen molar-refractivity contribution in [1.29, 1.82) is 0 Å². The third kappa shape index (κ3) is 4.55. The number of halogens is 1. The summed E-state index contributed by atoms with van der Waals surface area (Å²) >= 11 is 6.14. The fourth-order valence-corrected chi connectivity index (χ4v) is 5.11. The van der Waals surface area contributed by atoms with E-state index in [0.29, 0.717) is 29.4 Å². The number of benzene rings is 2. The number of hydrogen-bond acceptors (Lipinski definition) is 5. The number of sulfonamides is 1. The van der Waals surface area contributed by atoms with Crippen LogP contribution in [0.5, 0.6) is 0 Å². The number of carbonyl (C=O) groups is 2. The van der Waals surface area contributed by atoms with Crippen molar-refractivity contribution < 1.29 is 22.4 Å². The van der Waals surface area contributed by atoms with Crippen molar-refractivity contribution in [3.8, 4) is 11.3 Å². The minimum Gasteiger partial charge on any atom is -0.451 e. The van der Waals surface area contributed by atoms with Gasteiger partial charge in [-0.25, -0.2) is 8.42 Å². The Balaban J connectivity index is 1.38. The van der Waals surface area contributed by atoms with Gasteiger partial charge in [-0.15, -0.1) is 0 Å². The number of furan rings is 1. The van der Waals surface area contributed by atoms with E-state index in [9.17, 15) is 18.0 Å². The third-order valence-corrected chi connectivity index (χ3v) is 7.32. The Hall–Kier alpha value is -3.14. The summed E-state index contributed by atoms with van der Waals surface area (Å²) in [5.74, 6) is -0.833. The summed E-state index contributed by atoms with van der Waals surface area (Å²) in [7, 11) is -3.56. The molecule has 2 aromatic carbocycles. The van der Waals surface area contributed by atoms with Crippen LogP contribution in [0, 0.1) is 0 Å². The van der Waals surface area contributed by atoms with Gasteiger partial charge in [0.2, 0.25) is 10.0 Å². The minimum absolute atomic E-state index is 0.00715. The van der Waals surface area contributed by atoms with Gasteiger partial charge in [0.15, 0.2) is 5.76 Å². The molecule has 1 aromatic heterocycles. The minimum atomic E-state index is -3.56. The number of hydrogen-bond donors (Lipinski definition) is 2. The highest BCUT2D eigenvalue weighted by Gasteiger charge is 2.27. The maximum Gasteiger partial charge on any atom is 0.305 e. The van der Waals surface area contributed by atoms with Crippen molar-refractivity contribution in [2.24, 2.45) is 0 Å². The van der Waals surface area contributed by atoms with E-state index in [1.807, 2.05) is 0 Å². The average molecular weight is 474 g/mol. The zero-order valence-corrected chi connectivity index (χ0v) is 18.4. The summed E-state index contributed by atoms with van der Waals surface area (Å²) in [5.41, 5.74) is 5.40. The van der Waals surface area contributed by atoms with E-state index >= 15 is 0 Å². The van der Waals surface area contributed by atoms with Crippen molar-refractivity contribution in [2.45, 2.75) is 17.7 Å². The van der Waals surface area contributed by atoms with Gasteiger partial charge in [-0.05, 0) is 61.4 Å². The second-order valence-electron chi connectivity index (χ2n) is 7.19. The lowest BCUT2D eigenvalue weighted by atomic mass is 10.2. The molecule has 2 heterocycles. The van der Waals surface area contributed by atoms with Crippen LogP contribution in [0.25, 0.3) is 11.3 Å². The fourth-order valence-electron chi connectivity index (χ4n) is 3.37. The smallest absolute Gasteiger partial charge is 0.305 e. The van der Waals surface area contributed by atoms with E-state index in [-0.39, 0.29) is 16.2 Å².